The van der Waals surface area contributed by atoms with Crippen molar-refractivity contribution in [3.63, 3.8) is 0 Å². The third-order valence-corrected chi connectivity index (χ3v) is 3.97. The van der Waals surface area contributed by atoms with Crippen molar-refractivity contribution in [3.05, 3.63) is 63.1 Å². The van der Waals surface area contributed by atoms with Gasteiger partial charge in [-0.2, -0.15) is 13.2 Å². The maximum Gasteiger partial charge on any atom is 0.418 e. The summed E-state index contributed by atoms with van der Waals surface area (Å²) >= 11 is 3.08. The average molecular weight is 358 g/mol. The van der Waals surface area contributed by atoms with Crippen LogP contribution in [0.15, 0.2) is 40.9 Å². The van der Waals surface area contributed by atoms with Gasteiger partial charge in [-0.15, -0.1) is 0 Å². The van der Waals surface area contributed by atoms with Crippen LogP contribution in [0.5, 0.6) is 0 Å². The fourth-order valence-corrected chi connectivity index (χ4v) is 2.46. The summed E-state index contributed by atoms with van der Waals surface area (Å²) in [5, 5.41) is 2.89. The first-order valence-corrected chi connectivity index (χ1v) is 7.24. The summed E-state index contributed by atoms with van der Waals surface area (Å²) < 4.78 is 39.5. The molecule has 0 bridgehead atoms. The van der Waals surface area contributed by atoms with Crippen LogP contribution in [-0.4, -0.2) is 0 Å². The lowest BCUT2D eigenvalue weighted by molar-refractivity contribution is -0.137. The van der Waals surface area contributed by atoms with E-state index in [1.807, 2.05) is 32.0 Å². The lowest BCUT2D eigenvalue weighted by Gasteiger charge is -2.16. The van der Waals surface area contributed by atoms with E-state index < -0.39 is 11.7 Å². The summed E-state index contributed by atoms with van der Waals surface area (Å²) in [6, 6.07) is 9.94. The predicted octanol–water partition coefficient (Wildman–Crippen LogP) is 5.70. The van der Waals surface area contributed by atoms with Crippen molar-refractivity contribution in [2.75, 3.05) is 5.32 Å². The van der Waals surface area contributed by atoms with Gasteiger partial charge in [-0.3, -0.25) is 0 Å². The highest BCUT2D eigenvalue weighted by atomic mass is 79.9. The molecular formula is C16H15BrF3N. The molecule has 112 valence electrons. The number of nitrogens with one attached hydrogen (secondary N) is 1. The van der Waals surface area contributed by atoms with Gasteiger partial charge in [0, 0.05) is 16.7 Å². The van der Waals surface area contributed by atoms with Gasteiger partial charge in [0.2, 0.25) is 0 Å². The van der Waals surface area contributed by atoms with Crippen LogP contribution in [0.2, 0.25) is 0 Å². The summed E-state index contributed by atoms with van der Waals surface area (Å²) in [7, 11) is 0. The van der Waals surface area contributed by atoms with Crippen molar-refractivity contribution in [1.82, 2.24) is 0 Å². The Morgan fingerprint density at radius 2 is 1.81 bits per heavy atom. The van der Waals surface area contributed by atoms with Crippen LogP contribution in [0.1, 0.15) is 22.3 Å². The number of hydrogen-bond acceptors (Lipinski definition) is 1. The molecule has 21 heavy (non-hydrogen) atoms. The second-order valence-electron chi connectivity index (χ2n) is 4.90. The van der Waals surface area contributed by atoms with Gasteiger partial charge in [-0.05, 0) is 48.7 Å². The quantitative estimate of drug-likeness (QED) is 0.743. The Kier molecular flexibility index (Phi) is 4.61. The molecule has 0 amide bonds. The van der Waals surface area contributed by atoms with Crippen molar-refractivity contribution < 1.29 is 13.2 Å². The zero-order chi connectivity index (χ0) is 15.6. The molecule has 0 saturated heterocycles. The van der Waals surface area contributed by atoms with Crippen LogP contribution in [0.3, 0.4) is 0 Å². The van der Waals surface area contributed by atoms with Crippen LogP contribution in [-0.2, 0) is 12.7 Å². The Balaban J connectivity index is 2.26. The molecule has 0 aliphatic rings. The van der Waals surface area contributed by atoms with Crippen molar-refractivity contribution >= 4 is 21.6 Å². The molecule has 2 aromatic rings. The molecule has 0 radical (unpaired) electrons. The number of anilines is 1. The van der Waals surface area contributed by atoms with E-state index in [1.54, 1.807) is 6.07 Å². The zero-order valence-electron chi connectivity index (χ0n) is 11.7. The van der Waals surface area contributed by atoms with E-state index >= 15 is 0 Å². The van der Waals surface area contributed by atoms with E-state index in [4.69, 9.17) is 0 Å². The van der Waals surface area contributed by atoms with Gasteiger partial charge in [0.1, 0.15) is 0 Å². The molecule has 0 aliphatic carbocycles. The minimum Gasteiger partial charge on any atom is -0.380 e. The van der Waals surface area contributed by atoms with E-state index in [0.29, 0.717) is 11.0 Å². The minimum atomic E-state index is -4.38. The Morgan fingerprint density at radius 3 is 2.48 bits per heavy atom. The van der Waals surface area contributed by atoms with Gasteiger partial charge in [0.15, 0.2) is 0 Å². The number of halogens is 4. The summed E-state index contributed by atoms with van der Waals surface area (Å²) in [6.45, 7) is 4.32. The molecule has 2 aromatic carbocycles. The Hall–Kier alpha value is -1.49. The van der Waals surface area contributed by atoms with Crippen LogP contribution >= 0.6 is 15.9 Å². The SMILES string of the molecule is Cc1cccc(CNc2ccc(Br)cc2C(F)(F)F)c1C. The standard InChI is InChI=1S/C16H15BrF3N/c1-10-4-3-5-12(11(10)2)9-21-15-7-6-13(17)8-14(15)16(18,19)20/h3-8,21H,9H2,1-2H3. The molecule has 0 aromatic heterocycles. The molecule has 0 saturated carbocycles. The normalized spacial score (nSPS) is 11.5. The summed E-state index contributed by atoms with van der Waals surface area (Å²) in [4.78, 5) is 0. The number of hydrogen-bond donors (Lipinski definition) is 1. The van der Waals surface area contributed by atoms with Crippen molar-refractivity contribution in [2.24, 2.45) is 0 Å². The zero-order valence-corrected chi connectivity index (χ0v) is 13.3. The first-order chi connectivity index (χ1) is 9.79. The molecule has 1 nitrogen and oxygen atoms in total. The van der Waals surface area contributed by atoms with Crippen LogP contribution < -0.4 is 5.32 Å². The van der Waals surface area contributed by atoms with Crippen molar-refractivity contribution in [3.8, 4) is 0 Å². The lowest BCUT2D eigenvalue weighted by atomic mass is 10.0. The van der Waals surface area contributed by atoms with Gasteiger partial charge in [0.05, 0.1) is 5.56 Å². The molecule has 0 atom stereocenters. The molecule has 2 rings (SSSR count). The summed E-state index contributed by atoms with van der Waals surface area (Å²) in [6.07, 6.45) is -4.38. The van der Waals surface area contributed by atoms with E-state index in [1.165, 1.54) is 6.07 Å². The van der Waals surface area contributed by atoms with Crippen LogP contribution in [0, 0.1) is 13.8 Å². The largest absolute Gasteiger partial charge is 0.418 e. The highest BCUT2D eigenvalue weighted by Crippen LogP contribution is 2.36. The van der Waals surface area contributed by atoms with Crippen molar-refractivity contribution in [2.45, 2.75) is 26.6 Å². The van der Waals surface area contributed by atoms with Gasteiger partial charge >= 0.3 is 6.18 Å². The number of rotatable bonds is 3. The van der Waals surface area contributed by atoms with E-state index in [0.717, 1.165) is 22.8 Å². The highest BCUT2D eigenvalue weighted by molar-refractivity contribution is 9.10. The van der Waals surface area contributed by atoms with Gasteiger partial charge in [0.25, 0.3) is 0 Å². The smallest absolute Gasteiger partial charge is 0.380 e. The first-order valence-electron chi connectivity index (χ1n) is 6.45. The van der Waals surface area contributed by atoms with E-state index in [9.17, 15) is 13.2 Å². The maximum atomic E-state index is 13.0. The minimum absolute atomic E-state index is 0.0895. The Labute approximate surface area is 130 Å². The summed E-state index contributed by atoms with van der Waals surface area (Å²) in [5.41, 5.74) is 2.64. The Morgan fingerprint density at radius 1 is 1.10 bits per heavy atom. The second-order valence-corrected chi connectivity index (χ2v) is 5.82. The first kappa shape index (κ1) is 15.9. The summed E-state index contributed by atoms with van der Waals surface area (Å²) in [5.74, 6) is 0. The van der Waals surface area contributed by atoms with Crippen LogP contribution in [0.25, 0.3) is 0 Å². The van der Waals surface area contributed by atoms with E-state index in [-0.39, 0.29) is 5.69 Å². The molecule has 0 fully saturated rings. The van der Waals surface area contributed by atoms with E-state index in [2.05, 4.69) is 21.2 Å². The van der Waals surface area contributed by atoms with Gasteiger partial charge < -0.3 is 5.32 Å². The van der Waals surface area contributed by atoms with Gasteiger partial charge in [-0.25, -0.2) is 0 Å². The Bertz CT molecular complexity index is 650. The van der Waals surface area contributed by atoms with Gasteiger partial charge in [-0.1, -0.05) is 34.1 Å². The number of aryl methyl sites for hydroxylation is 1. The average Bonchev–Trinajstić information content (AvgIpc) is 2.40. The molecule has 1 N–H and O–H groups in total. The molecular weight excluding hydrogens is 343 g/mol. The number of alkyl halides is 3. The van der Waals surface area contributed by atoms with Crippen LogP contribution in [0.4, 0.5) is 18.9 Å². The molecule has 5 heteroatoms. The van der Waals surface area contributed by atoms with Crippen molar-refractivity contribution in [1.29, 1.82) is 0 Å². The predicted molar refractivity (Wildman–Crippen MR) is 82.4 cm³/mol. The third kappa shape index (κ3) is 3.79. The fourth-order valence-electron chi connectivity index (χ4n) is 2.10. The fraction of sp³-hybridized carbons (Fsp3) is 0.250. The second kappa shape index (κ2) is 6.10. The monoisotopic (exact) mass is 357 g/mol. The number of benzene rings is 2. The topological polar surface area (TPSA) is 12.0 Å². The maximum absolute atomic E-state index is 13.0. The molecule has 0 aliphatic heterocycles. The molecule has 0 heterocycles. The lowest BCUT2D eigenvalue weighted by Crippen LogP contribution is -2.11. The highest BCUT2D eigenvalue weighted by Gasteiger charge is 2.33. The third-order valence-electron chi connectivity index (χ3n) is 3.47. The molecule has 0 unspecified atom stereocenters. The molecule has 0 spiro atoms.